The number of anilines is 2. The Morgan fingerprint density at radius 1 is 1.21 bits per heavy atom. The van der Waals surface area contributed by atoms with Crippen LogP contribution in [0.1, 0.15) is 4.88 Å². The maximum Gasteiger partial charge on any atom is 0.306 e. The van der Waals surface area contributed by atoms with Crippen LogP contribution in [0.3, 0.4) is 0 Å². The lowest BCUT2D eigenvalue weighted by atomic mass is 10.1. The second kappa shape index (κ2) is 7.46. The van der Waals surface area contributed by atoms with Gasteiger partial charge in [-0.25, -0.2) is 4.99 Å². The number of amides is 1. The number of aromatic amines is 1. The first-order valence-electron chi connectivity index (χ1n) is 8.28. The monoisotopic (exact) mass is 411 g/mol. The number of carbonyl (C=O) groups is 1. The lowest BCUT2D eigenvalue weighted by molar-refractivity contribution is -0.114. The number of H-pyrrole nitrogens is 1. The molecule has 0 aliphatic carbocycles. The molecule has 0 atom stereocenters. The van der Waals surface area contributed by atoms with Crippen LogP contribution in [0.5, 0.6) is 5.75 Å². The number of aromatic nitrogens is 1. The minimum Gasteiger partial charge on any atom is -0.497 e. The van der Waals surface area contributed by atoms with Crippen LogP contribution in [0, 0.1) is 0 Å². The minimum absolute atomic E-state index is 0.237. The summed E-state index contributed by atoms with van der Waals surface area (Å²) in [6.07, 6.45) is 3.38. The van der Waals surface area contributed by atoms with E-state index in [1.54, 1.807) is 49.6 Å². The highest BCUT2D eigenvalue weighted by Crippen LogP contribution is 2.25. The first-order valence-corrected chi connectivity index (χ1v) is 9.47. The van der Waals surface area contributed by atoms with Crippen molar-refractivity contribution in [2.75, 3.05) is 12.4 Å². The molecule has 0 unspecified atom stereocenters. The van der Waals surface area contributed by atoms with Gasteiger partial charge in [0.2, 0.25) is 0 Å². The number of carbonyl (C=O) groups excluding carboxylic acids is 1. The predicted molar refractivity (Wildman–Crippen MR) is 111 cm³/mol. The normalized spacial score (nSPS) is 14.2. The van der Waals surface area contributed by atoms with E-state index in [-0.39, 0.29) is 10.8 Å². The van der Waals surface area contributed by atoms with Crippen molar-refractivity contribution in [1.29, 1.82) is 0 Å². The van der Waals surface area contributed by atoms with E-state index in [1.165, 1.54) is 0 Å². The third-order valence-corrected chi connectivity index (χ3v) is 5.14. The average molecular weight is 412 g/mol. The van der Waals surface area contributed by atoms with Crippen molar-refractivity contribution in [3.05, 3.63) is 78.2 Å². The number of rotatable bonds is 4. The van der Waals surface area contributed by atoms with Gasteiger partial charge >= 0.3 is 4.87 Å². The average Bonchev–Trinajstić information content (AvgIpc) is 3.01. The van der Waals surface area contributed by atoms with Gasteiger partial charge < -0.3 is 10.1 Å². The fourth-order valence-electron chi connectivity index (χ4n) is 2.77. The first kappa shape index (κ1) is 18.2. The second-order valence-corrected chi connectivity index (χ2v) is 7.43. The Labute approximate surface area is 168 Å². The summed E-state index contributed by atoms with van der Waals surface area (Å²) in [6, 6.07) is 12.4. The number of methoxy groups -OCH3 is 1. The third-order valence-electron chi connectivity index (χ3n) is 4.07. The van der Waals surface area contributed by atoms with Crippen molar-refractivity contribution < 1.29 is 9.53 Å². The zero-order valence-corrected chi connectivity index (χ0v) is 16.2. The fourth-order valence-corrected chi connectivity index (χ4v) is 3.70. The molecule has 1 aromatic heterocycles. The molecule has 2 heterocycles. The van der Waals surface area contributed by atoms with Gasteiger partial charge in [-0.05, 0) is 48.6 Å². The third kappa shape index (κ3) is 3.76. The molecule has 0 fully saturated rings. The highest BCUT2D eigenvalue weighted by Gasteiger charge is 2.14. The molecule has 0 saturated carbocycles. The molecule has 8 heteroatoms. The van der Waals surface area contributed by atoms with Gasteiger partial charge in [0.25, 0.3) is 5.91 Å². The predicted octanol–water partition coefficient (Wildman–Crippen LogP) is 2.87. The number of hydrogen-bond donors (Lipinski definition) is 2. The van der Waals surface area contributed by atoms with Gasteiger partial charge in [-0.3, -0.25) is 14.6 Å². The number of halogens is 1. The van der Waals surface area contributed by atoms with Gasteiger partial charge in [0, 0.05) is 21.5 Å². The molecule has 0 saturated heterocycles. The van der Waals surface area contributed by atoms with Crippen LogP contribution in [0.2, 0.25) is 5.02 Å². The summed E-state index contributed by atoms with van der Waals surface area (Å²) in [6.45, 7) is 0. The van der Waals surface area contributed by atoms with Gasteiger partial charge in [-0.15, -0.1) is 0 Å². The molecule has 2 aromatic carbocycles. The maximum atomic E-state index is 12.4. The zero-order valence-electron chi connectivity index (χ0n) is 14.7. The second-order valence-electron chi connectivity index (χ2n) is 5.97. The lowest BCUT2D eigenvalue weighted by Gasteiger charge is -2.07. The van der Waals surface area contributed by atoms with Crippen LogP contribution in [0.15, 0.2) is 57.8 Å². The van der Waals surface area contributed by atoms with Gasteiger partial charge in [-0.2, -0.15) is 0 Å². The molecular weight excluding hydrogens is 398 g/mol. The molecule has 0 radical (unpaired) electrons. The van der Waals surface area contributed by atoms with E-state index in [0.29, 0.717) is 32.4 Å². The van der Waals surface area contributed by atoms with Gasteiger partial charge in [0.1, 0.15) is 11.6 Å². The number of nitrogens with zero attached hydrogens (tertiary/aromatic N) is 1. The van der Waals surface area contributed by atoms with Crippen molar-refractivity contribution in [2.24, 2.45) is 4.99 Å². The van der Waals surface area contributed by atoms with Crippen molar-refractivity contribution >= 4 is 52.5 Å². The largest absolute Gasteiger partial charge is 0.497 e. The van der Waals surface area contributed by atoms with Crippen LogP contribution in [-0.4, -0.2) is 18.0 Å². The molecule has 1 aliphatic rings. The fraction of sp³-hybridized carbons (Fsp3) is 0.0500. The Bertz CT molecular complexity index is 1290. The van der Waals surface area contributed by atoms with E-state index in [1.807, 2.05) is 12.1 Å². The molecule has 1 aliphatic heterocycles. The summed E-state index contributed by atoms with van der Waals surface area (Å²) in [5.74, 6) is 0.795. The van der Waals surface area contributed by atoms with Crippen LogP contribution in [-0.2, 0) is 4.79 Å². The highest BCUT2D eigenvalue weighted by molar-refractivity contribution is 7.10. The summed E-state index contributed by atoms with van der Waals surface area (Å²) in [5.41, 5.74) is 1.10. The van der Waals surface area contributed by atoms with Crippen molar-refractivity contribution in [3.8, 4) is 5.75 Å². The molecule has 6 nitrogen and oxygen atoms in total. The number of benzene rings is 2. The van der Waals surface area contributed by atoms with E-state index >= 15 is 0 Å². The summed E-state index contributed by atoms with van der Waals surface area (Å²) in [7, 11) is 1.58. The molecule has 1 amide bonds. The Kier molecular flexibility index (Phi) is 4.85. The van der Waals surface area contributed by atoms with Gasteiger partial charge in [0.05, 0.1) is 17.3 Å². The van der Waals surface area contributed by atoms with E-state index in [0.717, 1.165) is 22.2 Å². The summed E-state index contributed by atoms with van der Waals surface area (Å²) in [5, 5.41) is 5.06. The lowest BCUT2D eigenvalue weighted by Crippen LogP contribution is -2.30. The number of nitrogens with one attached hydrogen (secondary N) is 2. The number of thiazole rings is 1. The minimum atomic E-state index is -0.368. The molecular formula is C20H14ClN3O3S. The molecule has 140 valence electrons. The molecule has 0 spiro atoms. The van der Waals surface area contributed by atoms with E-state index < -0.39 is 0 Å². The van der Waals surface area contributed by atoms with Crippen LogP contribution in [0.4, 0.5) is 11.5 Å². The number of ether oxygens (including phenoxy) is 1. The standard InChI is InChI=1S/C20H14ClN3O3S/c1-27-15-5-6-16-11(8-15)7-12(19(25)23-16)9-17-18(24-20(26)28-17)22-14-4-2-3-13(21)10-14/h2-10,22H,1H3,(H,24,26)/b12-9+. The van der Waals surface area contributed by atoms with Gasteiger partial charge in [0.15, 0.2) is 0 Å². The Balaban J connectivity index is 1.75. The smallest absolute Gasteiger partial charge is 0.306 e. The quantitative estimate of drug-likeness (QED) is 0.646. The first-order chi connectivity index (χ1) is 13.5. The van der Waals surface area contributed by atoms with Crippen LogP contribution in [0.25, 0.3) is 12.2 Å². The van der Waals surface area contributed by atoms with Crippen LogP contribution >= 0.6 is 22.9 Å². The van der Waals surface area contributed by atoms with Crippen molar-refractivity contribution in [2.45, 2.75) is 0 Å². The maximum absolute atomic E-state index is 12.4. The Morgan fingerprint density at radius 3 is 2.86 bits per heavy atom. The van der Waals surface area contributed by atoms with E-state index in [9.17, 15) is 9.59 Å². The SMILES string of the molecule is COc1ccc2c(c1)=C/C(=C\c1sc(=O)[nH]c1Nc1cccc(Cl)c1)C(=O)N=2. The van der Waals surface area contributed by atoms with Gasteiger partial charge in [-0.1, -0.05) is 29.0 Å². The molecule has 28 heavy (non-hydrogen) atoms. The van der Waals surface area contributed by atoms with E-state index in [2.05, 4.69) is 15.3 Å². The summed E-state index contributed by atoms with van der Waals surface area (Å²) < 4.78 is 5.23. The van der Waals surface area contributed by atoms with E-state index in [4.69, 9.17) is 16.3 Å². The highest BCUT2D eigenvalue weighted by atomic mass is 35.5. The Morgan fingerprint density at radius 2 is 2.07 bits per heavy atom. The molecule has 2 N–H and O–H groups in total. The topological polar surface area (TPSA) is 83.5 Å². The molecule has 3 aromatic rings. The molecule has 0 bridgehead atoms. The van der Waals surface area contributed by atoms with Crippen LogP contribution < -0.4 is 25.5 Å². The molecule has 4 rings (SSSR count). The van der Waals surface area contributed by atoms with Crippen molar-refractivity contribution in [1.82, 2.24) is 4.98 Å². The Hall–Kier alpha value is -3.16. The summed E-state index contributed by atoms with van der Waals surface area (Å²) in [4.78, 5) is 31.5. The zero-order chi connectivity index (χ0) is 19.7. The summed E-state index contributed by atoms with van der Waals surface area (Å²) >= 11 is 7.01. The van der Waals surface area contributed by atoms with Crippen molar-refractivity contribution in [3.63, 3.8) is 0 Å². The number of fused-ring (bicyclic) bond motifs is 1. The number of hydrogen-bond acceptors (Lipinski definition) is 5.